The van der Waals surface area contributed by atoms with E-state index < -0.39 is 30.6 Å². The van der Waals surface area contributed by atoms with Crippen molar-refractivity contribution in [2.24, 2.45) is 0 Å². The molecule has 118 valence electrons. The van der Waals surface area contributed by atoms with Gasteiger partial charge in [-0.15, -0.1) is 0 Å². The molecule has 1 aromatic heterocycles. The molecule has 1 aromatic rings. The number of carbonyl (C=O) groups is 2. The second-order valence-electron chi connectivity index (χ2n) is 4.12. The first-order valence-electron chi connectivity index (χ1n) is 6.01. The summed E-state index contributed by atoms with van der Waals surface area (Å²) < 4.78 is 41.2. The maximum absolute atomic E-state index is 12.1. The Kier molecular flexibility index (Phi) is 6.60. The normalized spacial score (nSPS) is 12.8. The number of hydrogen-bond donors (Lipinski definition) is 2. The summed E-state index contributed by atoms with van der Waals surface area (Å²) >= 11 is 1.42. The van der Waals surface area contributed by atoms with Gasteiger partial charge in [0.25, 0.3) is 5.91 Å². The molecule has 1 heterocycles. The maximum Gasteiger partial charge on any atom is 0.405 e. The molecular formula is C12H15F3N2O3S. The first kappa shape index (κ1) is 17.4. The highest BCUT2D eigenvalue weighted by atomic mass is 32.2. The Hall–Kier alpha value is -1.64. The number of halogens is 3. The largest absolute Gasteiger partial charge is 0.459 e. The van der Waals surface area contributed by atoms with Crippen LogP contribution in [-0.4, -0.2) is 42.6 Å². The molecule has 0 saturated carbocycles. The standard InChI is InChI=1S/C12H15F3N2O3S/c1-21-6-4-8(10(18)16-7-12(13,14)15)17-11(19)9-3-2-5-20-9/h2-3,5,8H,4,6-7H2,1H3,(H,16,18)(H,17,19). The zero-order valence-electron chi connectivity index (χ0n) is 11.2. The maximum atomic E-state index is 12.1. The van der Waals surface area contributed by atoms with Crippen molar-refractivity contribution >= 4 is 23.6 Å². The van der Waals surface area contributed by atoms with Crippen molar-refractivity contribution in [3.05, 3.63) is 24.2 Å². The first-order chi connectivity index (χ1) is 9.83. The van der Waals surface area contributed by atoms with Crippen LogP contribution in [0.1, 0.15) is 17.0 Å². The number of alkyl halides is 3. The average Bonchev–Trinajstić information content (AvgIpc) is 2.93. The fraction of sp³-hybridized carbons (Fsp3) is 0.500. The third-order valence-electron chi connectivity index (χ3n) is 2.44. The topological polar surface area (TPSA) is 71.3 Å². The monoisotopic (exact) mass is 324 g/mol. The van der Waals surface area contributed by atoms with Gasteiger partial charge >= 0.3 is 6.18 Å². The van der Waals surface area contributed by atoms with Crippen LogP contribution in [-0.2, 0) is 4.79 Å². The predicted octanol–water partition coefficient (Wildman–Crippen LogP) is 1.81. The summed E-state index contributed by atoms with van der Waals surface area (Å²) in [5.74, 6) is -1.01. The van der Waals surface area contributed by atoms with Crippen LogP contribution in [0, 0.1) is 0 Å². The van der Waals surface area contributed by atoms with E-state index in [1.54, 1.807) is 11.6 Å². The van der Waals surface area contributed by atoms with Gasteiger partial charge in [0, 0.05) is 0 Å². The summed E-state index contributed by atoms with van der Waals surface area (Å²) in [6.07, 6.45) is -1.20. The fourth-order valence-corrected chi connectivity index (χ4v) is 1.92. The third kappa shape index (κ3) is 6.56. The summed E-state index contributed by atoms with van der Waals surface area (Å²) in [4.78, 5) is 23.5. The number of furan rings is 1. The van der Waals surface area contributed by atoms with Crippen LogP contribution in [0.15, 0.2) is 22.8 Å². The van der Waals surface area contributed by atoms with Gasteiger partial charge < -0.3 is 15.1 Å². The molecule has 0 aliphatic heterocycles. The van der Waals surface area contributed by atoms with E-state index >= 15 is 0 Å². The fourth-order valence-electron chi connectivity index (χ4n) is 1.45. The van der Waals surface area contributed by atoms with Gasteiger partial charge in [0.1, 0.15) is 12.6 Å². The van der Waals surface area contributed by atoms with Crippen LogP contribution in [0.4, 0.5) is 13.2 Å². The first-order valence-corrected chi connectivity index (χ1v) is 7.40. The molecule has 0 aromatic carbocycles. The van der Waals surface area contributed by atoms with Crippen LogP contribution in [0.3, 0.4) is 0 Å². The molecule has 1 unspecified atom stereocenters. The van der Waals surface area contributed by atoms with E-state index in [4.69, 9.17) is 4.42 Å². The molecule has 5 nitrogen and oxygen atoms in total. The Morgan fingerprint density at radius 2 is 2.14 bits per heavy atom. The molecule has 0 bridgehead atoms. The van der Waals surface area contributed by atoms with Crippen LogP contribution in [0.5, 0.6) is 0 Å². The number of amides is 2. The van der Waals surface area contributed by atoms with Gasteiger partial charge in [-0.25, -0.2) is 0 Å². The van der Waals surface area contributed by atoms with E-state index in [1.165, 1.54) is 30.2 Å². The molecule has 0 aliphatic rings. The molecule has 0 fully saturated rings. The number of hydrogen-bond acceptors (Lipinski definition) is 4. The summed E-state index contributed by atoms with van der Waals surface area (Å²) in [5.41, 5.74) is 0. The molecule has 21 heavy (non-hydrogen) atoms. The molecule has 2 N–H and O–H groups in total. The number of rotatable bonds is 7. The van der Waals surface area contributed by atoms with E-state index in [-0.39, 0.29) is 12.2 Å². The molecule has 0 aliphatic carbocycles. The second kappa shape index (κ2) is 7.96. The van der Waals surface area contributed by atoms with Crippen molar-refractivity contribution in [1.82, 2.24) is 10.6 Å². The van der Waals surface area contributed by atoms with Gasteiger partial charge in [-0.1, -0.05) is 0 Å². The molecule has 0 saturated heterocycles. The molecule has 9 heteroatoms. The minimum Gasteiger partial charge on any atom is -0.459 e. The SMILES string of the molecule is CSCCC(NC(=O)c1ccco1)C(=O)NCC(F)(F)F. The van der Waals surface area contributed by atoms with Gasteiger partial charge in [0.15, 0.2) is 5.76 Å². The van der Waals surface area contributed by atoms with E-state index in [1.807, 2.05) is 0 Å². The Morgan fingerprint density at radius 3 is 2.67 bits per heavy atom. The molecular weight excluding hydrogens is 309 g/mol. The highest BCUT2D eigenvalue weighted by Crippen LogP contribution is 2.12. The lowest BCUT2D eigenvalue weighted by molar-refractivity contribution is -0.139. The lowest BCUT2D eigenvalue weighted by atomic mass is 10.2. The average molecular weight is 324 g/mol. The third-order valence-corrected chi connectivity index (χ3v) is 3.08. The zero-order valence-corrected chi connectivity index (χ0v) is 12.0. The van der Waals surface area contributed by atoms with E-state index in [2.05, 4.69) is 5.32 Å². The van der Waals surface area contributed by atoms with Gasteiger partial charge in [0.2, 0.25) is 5.91 Å². The van der Waals surface area contributed by atoms with Crippen LogP contribution < -0.4 is 10.6 Å². The number of thioether (sulfide) groups is 1. The minimum absolute atomic E-state index is 0.00669. The van der Waals surface area contributed by atoms with Crippen molar-refractivity contribution in [3.63, 3.8) is 0 Å². The van der Waals surface area contributed by atoms with Crippen molar-refractivity contribution in [3.8, 4) is 0 Å². The van der Waals surface area contributed by atoms with E-state index in [0.29, 0.717) is 5.75 Å². The minimum atomic E-state index is -4.50. The predicted molar refractivity (Wildman–Crippen MR) is 72.0 cm³/mol. The Labute approximate surface area is 123 Å². The van der Waals surface area contributed by atoms with Crippen LogP contribution in [0.25, 0.3) is 0 Å². The molecule has 0 spiro atoms. The Bertz CT molecular complexity index is 463. The van der Waals surface area contributed by atoms with Crippen molar-refractivity contribution < 1.29 is 27.2 Å². The van der Waals surface area contributed by atoms with Gasteiger partial charge in [0.05, 0.1) is 6.26 Å². The number of nitrogens with one attached hydrogen (secondary N) is 2. The molecule has 1 rings (SSSR count). The van der Waals surface area contributed by atoms with Crippen LogP contribution >= 0.6 is 11.8 Å². The van der Waals surface area contributed by atoms with Crippen molar-refractivity contribution in [2.45, 2.75) is 18.6 Å². The van der Waals surface area contributed by atoms with Crippen LogP contribution in [0.2, 0.25) is 0 Å². The summed E-state index contributed by atoms with van der Waals surface area (Å²) in [5, 5.41) is 4.13. The number of carbonyl (C=O) groups excluding carboxylic acids is 2. The van der Waals surface area contributed by atoms with Gasteiger partial charge in [-0.2, -0.15) is 24.9 Å². The zero-order chi connectivity index (χ0) is 15.9. The lowest BCUT2D eigenvalue weighted by Crippen LogP contribution is -2.49. The Morgan fingerprint density at radius 1 is 1.43 bits per heavy atom. The van der Waals surface area contributed by atoms with Crippen molar-refractivity contribution in [2.75, 3.05) is 18.6 Å². The Balaban J connectivity index is 2.62. The second-order valence-corrected chi connectivity index (χ2v) is 5.10. The van der Waals surface area contributed by atoms with E-state index in [0.717, 1.165) is 0 Å². The summed E-state index contributed by atoms with van der Waals surface area (Å²) in [6.45, 7) is -1.43. The summed E-state index contributed by atoms with van der Waals surface area (Å²) in [6, 6.07) is 1.85. The summed E-state index contributed by atoms with van der Waals surface area (Å²) in [7, 11) is 0. The highest BCUT2D eigenvalue weighted by molar-refractivity contribution is 7.98. The van der Waals surface area contributed by atoms with Gasteiger partial charge in [-0.3, -0.25) is 9.59 Å². The van der Waals surface area contributed by atoms with Crippen molar-refractivity contribution in [1.29, 1.82) is 0 Å². The smallest absolute Gasteiger partial charge is 0.405 e. The van der Waals surface area contributed by atoms with Gasteiger partial charge in [-0.05, 0) is 30.6 Å². The molecule has 1 atom stereocenters. The lowest BCUT2D eigenvalue weighted by Gasteiger charge is -2.18. The quantitative estimate of drug-likeness (QED) is 0.802. The molecule has 2 amide bonds. The van der Waals surface area contributed by atoms with E-state index in [9.17, 15) is 22.8 Å². The highest BCUT2D eigenvalue weighted by Gasteiger charge is 2.30. The molecule has 0 radical (unpaired) electrons.